The Kier molecular flexibility index (Phi) is 3.51. The Hall–Kier alpha value is -2.36. The van der Waals surface area contributed by atoms with Crippen LogP contribution in [0.2, 0.25) is 0 Å². The number of carbonyl (C=O) groups is 1. The molecule has 0 saturated carbocycles. The van der Waals surface area contributed by atoms with E-state index >= 15 is 0 Å². The maximum atomic E-state index is 11.9. The quantitative estimate of drug-likeness (QED) is 0.678. The van der Waals surface area contributed by atoms with Crippen LogP contribution in [0.15, 0.2) is 29.7 Å². The molecule has 0 saturated heterocycles. The molecule has 0 radical (unpaired) electrons. The normalized spacial score (nSPS) is 11.4. The molecule has 0 spiro atoms. The second-order valence-corrected chi connectivity index (χ2v) is 5.31. The molecular weight excluding hydrogens is 274 g/mol. The Morgan fingerprint density at radius 1 is 1.53 bits per heavy atom. The van der Waals surface area contributed by atoms with Gasteiger partial charge in [0.25, 0.3) is 10.0 Å². The van der Waals surface area contributed by atoms with Crippen molar-refractivity contribution in [3.05, 3.63) is 24.8 Å². The van der Waals surface area contributed by atoms with Crippen molar-refractivity contribution in [1.29, 1.82) is 0 Å². The molecule has 102 valence electrons. The van der Waals surface area contributed by atoms with Crippen LogP contribution in [-0.4, -0.2) is 39.2 Å². The van der Waals surface area contributed by atoms with Crippen molar-refractivity contribution in [2.24, 2.45) is 0 Å². The highest BCUT2D eigenvalue weighted by atomic mass is 32.2. The summed E-state index contributed by atoms with van der Waals surface area (Å²) in [5, 5.41) is 12.3. The van der Waals surface area contributed by atoms with Gasteiger partial charge >= 0.3 is 5.97 Å². The number of rotatable bonds is 6. The van der Waals surface area contributed by atoms with Crippen LogP contribution in [0.5, 0.6) is 0 Å². The molecule has 0 aliphatic rings. The van der Waals surface area contributed by atoms with Gasteiger partial charge in [-0.25, -0.2) is 18.1 Å². The van der Waals surface area contributed by atoms with E-state index in [4.69, 9.17) is 5.11 Å². The van der Waals surface area contributed by atoms with Gasteiger partial charge in [0.1, 0.15) is 4.90 Å². The molecule has 19 heavy (non-hydrogen) atoms. The highest BCUT2D eigenvalue weighted by Gasteiger charge is 2.17. The van der Waals surface area contributed by atoms with Crippen LogP contribution in [0.25, 0.3) is 0 Å². The molecule has 2 heterocycles. The van der Waals surface area contributed by atoms with Crippen molar-refractivity contribution in [3.8, 4) is 0 Å². The lowest BCUT2D eigenvalue weighted by atomic mass is 10.4. The highest BCUT2D eigenvalue weighted by molar-refractivity contribution is 7.92. The van der Waals surface area contributed by atoms with E-state index < -0.39 is 16.0 Å². The smallest absolute Gasteiger partial charge is 0.305 e. The zero-order valence-corrected chi connectivity index (χ0v) is 10.5. The molecule has 0 aliphatic heterocycles. The molecule has 10 heteroatoms. The first-order chi connectivity index (χ1) is 8.97. The number of aromatic amines is 1. The molecule has 9 nitrogen and oxygen atoms in total. The molecular formula is C9H11N5O4S. The molecule has 0 amide bonds. The number of hydrogen-bond donors (Lipinski definition) is 3. The molecule has 2 aromatic heterocycles. The van der Waals surface area contributed by atoms with Gasteiger partial charge in [0, 0.05) is 18.6 Å². The van der Waals surface area contributed by atoms with Crippen molar-refractivity contribution < 1.29 is 18.3 Å². The van der Waals surface area contributed by atoms with E-state index in [1.807, 2.05) is 0 Å². The fourth-order valence-corrected chi connectivity index (χ4v) is 2.25. The minimum Gasteiger partial charge on any atom is -0.481 e. The Morgan fingerprint density at radius 2 is 2.32 bits per heavy atom. The monoisotopic (exact) mass is 285 g/mol. The molecule has 0 fully saturated rings. The number of hydrogen-bond acceptors (Lipinski definition) is 5. The van der Waals surface area contributed by atoms with Crippen molar-refractivity contribution in [3.63, 3.8) is 0 Å². The third-order valence-electron chi connectivity index (χ3n) is 2.20. The van der Waals surface area contributed by atoms with E-state index in [1.54, 1.807) is 0 Å². The van der Waals surface area contributed by atoms with Crippen LogP contribution in [0.1, 0.15) is 6.42 Å². The number of imidazole rings is 1. The molecule has 2 rings (SSSR count). The highest BCUT2D eigenvalue weighted by Crippen LogP contribution is 2.11. The van der Waals surface area contributed by atoms with Crippen molar-refractivity contribution in [2.75, 3.05) is 4.72 Å². The fraction of sp³-hybridized carbons (Fsp3) is 0.222. The van der Waals surface area contributed by atoms with Crippen LogP contribution < -0.4 is 4.72 Å². The van der Waals surface area contributed by atoms with Crippen molar-refractivity contribution in [2.45, 2.75) is 17.9 Å². The summed E-state index contributed by atoms with van der Waals surface area (Å²) >= 11 is 0. The number of anilines is 1. The van der Waals surface area contributed by atoms with Gasteiger partial charge in [-0.1, -0.05) is 0 Å². The van der Waals surface area contributed by atoms with Crippen LogP contribution in [0, 0.1) is 0 Å². The predicted octanol–water partition coefficient (Wildman–Crippen LogP) is -0.118. The number of sulfonamides is 1. The number of carboxylic acids is 1. The fourth-order valence-electron chi connectivity index (χ4n) is 1.32. The summed E-state index contributed by atoms with van der Waals surface area (Å²) < 4.78 is 27.3. The van der Waals surface area contributed by atoms with Crippen LogP contribution in [0.4, 0.5) is 5.95 Å². The minimum absolute atomic E-state index is 0.0608. The Morgan fingerprint density at radius 3 is 2.95 bits per heavy atom. The average Bonchev–Trinajstić information content (AvgIpc) is 2.96. The summed E-state index contributed by atoms with van der Waals surface area (Å²) in [5.74, 6) is -0.882. The van der Waals surface area contributed by atoms with E-state index in [0.717, 1.165) is 6.20 Å². The second-order valence-electron chi connectivity index (χ2n) is 3.63. The summed E-state index contributed by atoms with van der Waals surface area (Å²) in [6.45, 7) is 0.103. The largest absolute Gasteiger partial charge is 0.481 e. The van der Waals surface area contributed by atoms with E-state index in [1.165, 1.54) is 23.3 Å². The van der Waals surface area contributed by atoms with E-state index in [-0.39, 0.29) is 23.8 Å². The Bertz CT molecular complexity index is 661. The van der Waals surface area contributed by atoms with Crippen molar-refractivity contribution >= 4 is 21.9 Å². The maximum Gasteiger partial charge on any atom is 0.305 e. The molecule has 0 bridgehead atoms. The first-order valence-electron chi connectivity index (χ1n) is 5.24. The Balaban J connectivity index is 2.10. The summed E-state index contributed by atoms with van der Waals surface area (Å²) in [7, 11) is -3.78. The molecule has 2 aromatic rings. The predicted molar refractivity (Wildman–Crippen MR) is 63.9 cm³/mol. The van der Waals surface area contributed by atoms with Gasteiger partial charge in [0.15, 0.2) is 0 Å². The number of aliphatic carboxylic acids is 1. The van der Waals surface area contributed by atoms with Gasteiger partial charge in [-0.3, -0.25) is 9.48 Å². The van der Waals surface area contributed by atoms with Crippen LogP contribution in [-0.2, 0) is 21.4 Å². The summed E-state index contributed by atoms with van der Waals surface area (Å²) in [6.07, 6.45) is 5.16. The molecule has 0 aromatic carbocycles. The first-order valence-corrected chi connectivity index (χ1v) is 6.72. The number of H-pyrrole nitrogens is 1. The molecule has 0 atom stereocenters. The summed E-state index contributed by atoms with van der Waals surface area (Å²) in [5.41, 5.74) is 0. The summed E-state index contributed by atoms with van der Waals surface area (Å²) in [6, 6.07) is 0. The van der Waals surface area contributed by atoms with E-state index in [2.05, 4.69) is 19.8 Å². The van der Waals surface area contributed by atoms with Gasteiger partial charge in [-0.05, 0) is 0 Å². The number of aromatic nitrogens is 4. The number of carboxylic acid groups (broad SMARTS) is 1. The third-order valence-corrected chi connectivity index (χ3v) is 3.50. The number of nitrogens with one attached hydrogen (secondary N) is 2. The lowest BCUT2D eigenvalue weighted by molar-refractivity contribution is -0.137. The van der Waals surface area contributed by atoms with E-state index in [9.17, 15) is 13.2 Å². The molecule has 0 aliphatic carbocycles. The van der Waals surface area contributed by atoms with E-state index in [0.29, 0.717) is 0 Å². The zero-order chi connectivity index (χ0) is 13.9. The standard InChI is InChI=1S/C9H11N5O4S/c15-8(16)1-4-14-6-7(5-12-14)19(17,18)13-9-10-2-3-11-9/h2-3,5-6H,1,4H2,(H,15,16)(H2,10,11,13). The van der Waals surface area contributed by atoms with Gasteiger partial charge in [0.2, 0.25) is 5.95 Å². The second kappa shape index (κ2) is 5.10. The van der Waals surface area contributed by atoms with Gasteiger partial charge in [-0.2, -0.15) is 5.10 Å². The lowest BCUT2D eigenvalue weighted by Gasteiger charge is -2.01. The van der Waals surface area contributed by atoms with Crippen molar-refractivity contribution in [1.82, 2.24) is 19.7 Å². The number of nitrogens with zero attached hydrogens (tertiary/aromatic N) is 3. The first kappa shape index (κ1) is 13.1. The van der Waals surface area contributed by atoms with Crippen LogP contribution >= 0.6 is 0 Å². The minimum atomic E-state index is -3.78. The van der Waals surface area contributed by atoms with Gasteiger partial charge in [-0.15, -0.1) is 0 Å². The number of aryl methyl sites for hydroxylation is 1. The van der Waals surface area contributed by atoms with Gasteiger partial charge in [0.05, 0.1) is 19.2 Å². The average molecular weight is 285 g/mol. The topological polar surface area (TPSA) is 130 Å². The SMILES string of the molecule is O=C(O)CCn1cc(S(=O)(=O)Nc2ncc[nH]2)cn1. The van der Waals surface area contributed by atoms with Gasteiger partial charge < -0.3 is 10.1 Å². The third kappa shape index (κ3) is 3.31. The summed E-state index contributed by atoms with van der Waals surface area (Å²) in [4.78, 5) is 16.7. The Labute approximate surface area is 108 Å². The molecule has 3 N–H and O–H groups in total. The van der Waals surface area contributed by atoms with Crippen LogP contribution in [0.3, 0.4) is 0 Å². The zero-order valence-electron chi connectivity index (χ0n) is 9.65. The molecule has 0 unspecified atom stereocenters. The lowest BCUT2D eigenvalue weighted by Crippen LogP contribution is -2.13. The maximum absolute atomic E-state index is 11.9.